The Kier molecular flexibility index (Phi) is 4.02. The summed E-state index contributed by atoms with van der Waals surface area (Å²) in [7, 11) is 0. The minimum Gasteiger partial charge on any atom is -0.378 e. The molecular formula is C13H24N4O. The van der Waals surface area contributed by atoms with E-state index in [2.05, 4.69) is 47.8 Å². The van der Waals surface area contributed by atoms with Gasteiger partial charge >= 0.3 is 0 Å². The van der Waals surface area contributed by atoms with Gasteiger partial charge in [-0.2, -0.15) is 0 Å². The SMILES string of the molecule is CCOC1CC(NCc2nncn2CC)C1(C)C. The van der Waals surface area contributed by atoms with Crippen molar-refractivity contribution >= 4 is 0 Å². The smallest absolute Gasteiger partial charge is 0.146 e. The summed E-state index contributed by atoms with van der Waals surface area (Å²) in [5.74, 6) is 1.01. The van der Waals surface area contributed by atoms with Crippen molar-refractivity contribution in [2.45, 2.75) is 59.4 Å². The molecule has 5 nitrogen and oxygen atoms in total. The van der Waals surface area contributed by atoms with Crippen LogP contribution in [0.3, 0.4) is 0 Å². The fraction of sp³-hybridized carbons (Fsp3) is 0.846. The van der Waals surface area contributed by atoms with Crippen LogP contribution < -0.4 is 5.32 Å². The van der Waals surface area contributed by atoms with Crippen LogP contribution in [-0.2, 0) is 17.8 Å². The summed E-state index contributed by atoms with van der Waals surface area (Å²) in [4.78, 5) is 0. The van der Waals surface area contributed by atoms with E-state index in [1.54, 1.807) is 6.33 Å². The molecule has 1 heterocycles. The first-order valence-electron chi connectivity index (χ1n) is 6.81. The molecule has 1 fully saturated rings. The maximum Gasteiger partial charge on any atom is 0.146 e. The lowest BCUT2D eigenvalue weighted by molar-refractivity contribution is -0.114. The molecule has 102 valence electrons. The molecule has 1 aromatic heterocycles. The van der Waals surface area contributed by atoms with Crippen LogP contribution in [0, 0.1) is 5.41 Å². The van der Waals surface area contributed by atoms with Crippen molar-refractivity contribution in [2.24, 2.45) is 5.41 Å². The number of ether oxygens (including phenoxy) is 1. The lowest BCUT2D eigenvalue weighted by atomic mass is 9.64. The molecular weight excluding hydrogens is 228 g/mol. The van der Waals surface area contributed by atoms with Gasteiger partial charge in [-0.05, 0) is 20.3 Å². The maximum atomic E-state index is 5.73. The summed E-state index contributed by atoms with van der Waals surface area (Å²) < 4.78 is 7.80. The van der Waals surface area contributed by atoms with E-state index < -0.39 is 0 Å². The molecule has 0 bridgehead atoms. The summed E-state index contributed by atoms with van der Waals surface area (Å²) in [5, 5.41) is 11.7. The van der Waals surface area contributed by atoms with E-state index in [0.717, 1.165) is 31.9 Å². The third-order valence-corrected chi connectivity index (χ3v) is 4.09. The average Bonchev–Trinajstić information content (AvgIpc) is 2.80. The van der Waals surface area contributed by atoms with Crippen LogP contribution in [0.2, 0.25) is 0 Å². The fourth-order valence-corrected chi connectivity index (χ4v) is 2.61. The molecule has 5 heteroatoms. The van der Waals surface area contributed by atoms with Gasteiger partial charge in [-0.3, -0.25) is 0 Å². The van der Waals surface area contributed by atoms with E-state index in [9.17, 15) is 0 Å². The van der Waals surface area contributed by atoms with Gasteiger partial charge in [0.2, 0.25) is 0 Å². The zero-order chi connectivity index (χ0) is 13.2. The number of nitrogens with zero attached hydrogens (tertiary/aromatic N) is 3. The lowest BCUT2D eigenvalue weighted by Crippen LogP contribution is -2.60. The second-order valence-corrected chi connectivity index (χ2v) is 5.47. The Bertz CT molecular complexity index is 388. The Labute approximate surface area is 109 Å². The van der Waals surface area contributed by atoms with Gasteiger partial charge in [-0.1, -0.05) is 13.8 Å². The third kappa shape index (κ3) is 2.42. The van der Waals surface area contributed by atoms with E-state index >= 15 is 0 Å². The van der Waals surface area contributed by atoms with Crippen LogP contribution in [0.4, 0.5) is 0 Å². The number of aromatic nitrogens is 3. The third-order valence-electron chi connectivity index (χ3n) is 4.09. The average molecular weight is 252 g/mol. The molecule has 0 radical (unpaired) electrons. The predicted molar refractivity (Wildman–Crippen MR) is 70.1 cm³/mol. The van der Waals surface area contributed by atoms with Gasteiger partial charge in [0.05, 0.1) is 12.6 Å². The Hall–Kier alpha value is -0.940. The highest BCUT2D eigenvalue weighted by atomic mass is 16.5. The number of hydrogen-bond donors (Lipinski definition) is 1. The van der Waals surface area contributed by atoms with E-state index in [-0.39, 0.29) is 5.41 Å². The molecule has 1 aliphatic rings. The van der Waals surface area contributed by atoms with Gasteiger partial charge < -0.3 is 14.6 Å². The Morgan fingerprint density at radius 1 is 1.50 bits per heavy atom. The first-order valence-corrected chi connectivity index (χ1v) is 6.81. The molecule has 0 saturated heterocycles. The lowest BCUT2D eigenvalue weighted by Gasteiger charge is -2.51. The molecule has 0 aliphatic heterocycles. The standard InChI is InChI=1S/C13H24N4O/c1-5-17-9-15-16-12(17)8-14-10-7-11(18-6-2)13(10,3)4/h9-11,14H,5-8H2,1-4H3. The highest BCUT2D eigenvalue weighted by molar-refractivity contribution is 5.03. The second-order valence-electron chi connectivity index (χ2n) is 5.47. The fourth-order valence-electron chi connectivity index (χ4n) is 2.61. The van der Waals surface area contributed by atoms with Gasteiger partial charge in [0, 0.05) is 24.6 Å². The van der Waals surface area contributed by atoms with Crippen molar-refractivity contribution in [3.63, 3.8) is 0 Å². The summed E-state index contributed by atoms with van der Waals surface area (Å²) in [6.07, 6.45) is 3.25. The molecule has 0 amide bonds. The number of nitrogens with one attached hydrogen (secondary N) is 1. The quantitative estimate of drug-likeness (QED) is 0.835. The molecule has 0 aromatic carbocycles. The van der Waals surface area contributed by atoms with Gasteiger partial charge in [0.25, 0.3) is 0 Å². The molecule has 2 rings (SSSR count). The molecule has 1 aromatic rings. The van der Waals surface area contributed by atoms with Crippen LogP contribution in [0.5, 0.6) is 0 Å². The van der Waals surface area contributed by atoms with Gasteiger partial charge in [-0.25, -0.2) is 0 Å². The minimum absolute atomic E-state index is 0.201. The van der Waals surface area contributed by atoms with Crippen molar-refractivity contribution in [1.82, 2.24) is 20.1 Å². The van der Waals surface area contributed by atoms with Crippen LogP contribution >= 0.6 is 0 Å². The molecule has 0 spiro atoms. The van der Waals surface area contributed by atoms with Crippen molar-refractivity contribution in [3.8, 4) is 0 Å². The Morgan fingerprint density at radius 3 is 2.89 bits per heavy atom. The largest absolute Gasteiger partial charge is 0.378 e. The molecule has 1 aliphatic carbocycles. The molecule has 18 heavy (non-hydrogen) atoms. The van der Waals surface area contributed by atoms with E-state index in [4.69, 9.17) is 4.74 Å². The van der Waals surface area contributed by atoms with Crippen LogP contribution in [0.1, 0.15) is 39.9 Å². The van der Waals surface area contributed by atoms with Crippen LogP contribution in [0.15, 0.2) is 6.33 Å². The summed E-state index contributed by atoms with van der Waals surface area (Å²) in [6.45, 7) is 11.2. The maximum absolute atomic E-state index is 5.73. The Morgan fingerprint density at radius 2 is 2.28 bits per heavy atom. The highest BCUT2D eigenvalue weighted by Crippen LogP contribution is 2.42. The van der Waals surface area contributed by atoms with Crippen molar-refractivity contribution in [2.75, 3.05) is 6.61 Å². The van der Waals surface area contributed by atoms with Gasteiger partial charge in [-0.15, -0.1) is 10.2 Å². The van der Waals surface area contributed by atoms with Gasteiger partial charge in [0.15, 0.2) is 0 Å². The zero-order valence-corrected chi connectivity index (χ0v) is 11.8. The Balaban J connectivity index is 1.85. The van der Waals surface area contributed by atoms with E-state index in [0.29, 0.717) is 12.1 Å². The van der Waals surface area contributed by atoms with Gasteiger partial charge in [0.1, 0.15) is 12.2 Å². The number of aryl methyl sites for hydroxylation is 1. The number of rotatable bonds is 6. The monoisotopic (exact) mass is 252 g/mol. The van der Waals surface area contributed by atoms with Crippen LogP contribution in [-0.4, -0.2) is 33.5 Å². The van der Waals surface area contributed by atoms with E-state index in [1.807, 2.05) is 0 Å². The summed E-state index contributed by atoms with van der Waals surface area (Å²) in [6, 6.07) is 0.496. The predicted octanol–water partition coefficient (Wildman–Crippen LogP) is 1.59. The molecule has 1 N–H and O–H groups in total. The zero-order valence-electron chi connectivity index (χ0n) is 11.8. The van der Waals surface area contributed by atoms with Crippen LogP contribution in [0.25, 0.3) is 0 Å². The van der Waals surface area contributed by atoms with E-state index in [1.165, 1.54) is 0 Å². The summed E-state index contributed by atoms with van der Waals surface area (Å²) >= 11 is 0. The molecule has 1 saturated carbocycles. The minimum atomic E-state index is 0.201. The summed E-state index contributed by atoms with van der Waals surface area (Å²) in [5.41, 5.74) is 0.201. The van der Waals surface area contributed by atoms with Crippen molar-refractivity contribution in [3.05, 3.63) is 12.2 Å². The normalized spacial score (nSPS) is 26.0. The topological polar surface area (TPSA) is 52.0 Å². The molecule has 2 atom stereocenters. The molecule has 2 unspecified atom stereocenters. The highest BCUT2D eigenvalue weighted by Gasteiger charge is 2.48. The second kappa shape index (κ2) is 5.36. The first-order chi connectivity index (χ1) is 8.59. The first kappa shape index (κ1) is 13.5. The van der Waals surface area contributed by atoms with Crippen molar-refractivity contribution < 1.29 is 4.74 Å². The van der Waals surface area contributed by atoms with Crippen molar-refractivity contribution in [1.29, 1.82) is 0 Å². The number of hydrogen-bond acceptors (Lipinski definition) is 4.